The predicted octanol–water partition coefficient (Wildman–Crippen LogP) is 0.903. The van der Waals surface area contributed by atoms with Crippen molar-refractivity contribution in [3.05, 3.63) is 40.6 Å². The standard InChI is InChI=1S/C11H12N2O4/c14-7-8(15)6-12-5-4-9-10(12)2-1-3-11(9)13(16)17/h1-5,8,14-15H,6-7H2. The number of nitro benzene ring substituents is 1. The van der Waals surface area contributed by atoms with E-state index < -0.39 is 11.0 Å². The summed E-state index contributed by atoms with van der Waals surface area (Å²) in [4.78, 5) is 10.4. The van der Waals surface area contributed by atoms with Crippen molar-refractivity contribution in [3.8, 4) is 0 Å². The molecule has 2 aromatic rings. The fourth-order valence-electron chi connectivity index (χ4n) is 1.81. The molecule has 0 fully saturated rings. The van der Waals surface area contributed by atoms with Crippen molar-refractivity contribution in [2.75, 3.05) is 6.61 Å². The van der Waals surface area contributed by atoms with E-state index in [4.69, 9.17) is 5.11 Å². The number of hydrogen-bond acceptors (Lipinski definition) is 4. The molecular weight excluding hydrogens is 224 g/mol. The zero-order valence-electron chi connectivity index (χ0n) is 8.98. The van der Waals surface area contributed by atoms with Crippen molar-refractivity contribution in [2.24, 2.45) is 0 Å². The monoisotopic (exact) mass is 236 g/mol. The molecule has 6 heteroatoms. The third-order valence-electron chi connectivity index (χ3n) is 2.61. The van der Waals surface area contributed by atoms with Crippen LogP contribution in [0.3, 0.4) is 0 Å². The van der Waals surface area contributed by atoms with E-state index in [0.29, 0.717) is 10.9 Å². The summed E-state index contributed by atoms with van der Waals surface area (Å²) in [5, 5.41) is 29.5. The molecule has 0 aliphatic heterocycles. The van der Waals surface area contributed by atoms with E-state index in [1.54, 1.807) is 29.0 Å². The van der Waals surface area contributed by atoms with Gasteiger partial charge >= 0.3 is 0 Å². The summed E-state index contributed by atoms with van der Waals surface area (Å²) in [6.07, 6.45) is 0.793. The molecule has 0 saturated heterocycles. The molecule has 0 radical (unpaired) electrons. The summed E-state index contributed by atoms with van der Waals surface area (Å²) in [6, 6.07) is 6.42. The van der Waals surface area contributed by atoms with Gasteiger partial charge in [-0.3, -0.25) is 10.1 Å². The number of aromatic nitrogens is 1. The molecule has 6 nitrogen and oxygen atoms in total. The smallest absolute Gasteiger partial charge is 0.278 e. The van der Waals surface area contributed by atoms with Gasteiger partial charge in [-0.1, -0.05) is 6.07 Å². The zero-order chi connectivity index (χ0) is 12.4. The van der Waals surface area contributed by atoms with Gasteiger partial charge in [-0.05, 0) is 12.1 Å². The van der Waals surface area contributed by atoms with Crippen LogP contribution >= 0.6 is 0 Å². The van der Waals surface area contributed by atoms with E-state index in [-0.39, 0.29) is 18.8 Å². The van der Waals surface area contributed by atoms with Crippen LogP contribution in [0, 0.1) is 10.1 Å². The Bertz CT molecular complexity index is 549. The summed E-state index contributed by atoms with van der Waals surface area (Å²) in [7, 11) is 0. The summed E-state index contributed by atoms with van der Waals surface area (Å²) in [5.41, 5.74) is 0.714. The number of nitro groups is 1. The van der Waals surface area contributed by atoms with Gasteiger partial charge in [0.1, 0.15) is 0 Å². The Labute approximate surface area is 96.9 Å². The van der Waals surface area contributed by atoms with Crippen LogP contribution in [0.15, 0.2) is 30.5 Å². The van der Waals surface area contributed by atoms with E-state index in [1.807, 2.05) is 0 Å². The number of benzene rings is 1. The van der Waals surface area contributed by atoms with Crippen molar-refractivity contribution >= 4 is 16.6 Å². The normalized spacial score (nSPS) is 12.8. The number of aliphatic hydroxyl groups is 2. The molecule has 2 N–H and O–H groups in total. The minimum atomic E-state index is -0.870. The number of nitrogens with zero attached hydrogens (tertiary/aromatic N) is 2. The third-order valence-corrected chi connectivity index (χ3v) is 2.61. The van der Waals surface area contributed by atoms with Crippen molar-refractivity contribution in [2.45, 2.75) is 12.6 Å². The maximum Gasteiger partial charge on any atom is 0.278 e. The molecule has 0 amide bonds. The van der Waals surface area contributed by atoms with Crippen LogP contribution in [0.5, 0.6) is 0 Å². The second-order valence-corrected chi connectivity index (χ2v) is 3.77. The fraction of sp³-hybridized carbons (Fsp3) is 0.273. The molecule has 1 aromatic heterocycles. The van der Waals surface area contributed by atoms with E-state index in [0.717, 1.165) is 0 Å². The van der Waals surface area contributed by atoms with E-state index in [9.17, 15) is 15.2 Å². The number of hydrogen-bond donors (Lipinski definition) is 2. The van der Waals surface area contributed by atoms with Crippen LogP contribution in [-0.2, 0) is 6.54 Å². The van der Waals surface area contributed by atoms with Crippen LogP contribution < -0.4 is 0 Å². The molecule has 0 saturated carbocycles. The van der Waals surface area contributed by atoms with Crippen LogP contribution in [-0.4, -0.2) is 32.4 Å². The van der Waals surface area contributed by atoms with Gasteiger partial charge < -0.3 is 14.8 Å². The van der Waals surface area contributed by atoms with E-state index >= 15 is 0 Å². The average molecular weight is 236 g/mol. The lowest BCUT2D eigenvalue weighted by Gasteiger charge is -2.09. The van der Waals surface area contributed by atoms with Crippen molar-refractivity contribution in [1.82, 2.24) is 4.57 Å². The zero-order valence-corrected chi connectivity index (χ0v) is 8.98. The Morgan fingerprint density at radius 2 is 2.18 bits per heavy atom. The highest BCUT2D eigenvalue weighted by atomic mass is 16.6. The van der Waals surface area contributed by atoms with Crippen LogP contribution in [0.1, 0.15) is 0 Å². The molecule has 0 bridgehead atoms. The largest absolute Gasteiger partial charge is 0.394 e. The lowest BCUT2D eigenvalue weighted by molar-refractivity contribution is -0.383. The lowest BCUT2D eigenvalue weighted by Crippen LogP contribution is -2.19. The molecule has 0 aliphatic carbocycles. The number of non-ortho nitro benzene ring substituents is 1. The SMILES string of the molecule is O=[N+]([O-])c1cccc2c1ccn2CC(O)CO. The summed E-state index contributed by atoms with van der Waals surface area (Å²) >= 11 is 0. The Morgan fingerprint density at radius 3 is 2.82 bits per heavy atom. The summed E-state index contributed by atoms with van der Waals surface area (Å²) < 4.78 is 1.68. The maximum absolute atomic E-state index is 10.8. The average Bonchev–Trinajstić information content (AvgIpc) is 2.72. The summed E-state index contributed by atoms with van der Waals surface area (Å²) in [6.45, 7) is -0.129. The Kier molecular flexibility index (Phi) is 3.08. The van der Waals surface area contributed by atoms with Gasteiger partial charge in [0.2, 0.25) is 0 Å². The molecule has 2 rings (SSSR count). The van der Waals surface area contributed by atoms with Gasteiger partial charge in [-0.25, -0.2) is 0 Å². The minimum absolute atomic E-state index is 0.0414. The van der Waals surface area contributed by atoms with Crippen LogP contribution in [0.25, 0.3) is 10.9 Å². The highest BCUT2D eigenvalue weighted by Crippen LogP contribution is 2.26. The third kappa shape index (κ3) is 2.13. The summed E-state index contributed by atoms with van der Waals surface area (Å²) in [5.74, 6) is 0. The quantitative estimate of drug-likeness (QED) is 0.609. The number of fused-ring (bicyclic) bond motifs is 1. The molecular formula is C11H12N2O4. The highest BCUT2D eigenvalue weighted by Gasteiger charge is 2.14. The molecule has 1 atom stereocenters. The van der Waals surface area contributed by atoms with Crippen LogP contribution in [0.4, 0.5) is 5.69 Å². The van der Waals surface area contributed by atoms with Crippen molar-refractivity contribution < 1.29 is 15.1 Å². The molecule has 90 valence electrons. The fourth-order valence-corrected chi connectivity index (χ4v) is 1.81. The first-order chi connectivity index (χ1) is 8.13. The van der Waals surface area contributed by atoms with E-state index in [1.165, 1.54) is 6.07 Å². The maximum atomic E-state index is 10.8. The molecule has 1 unspecified atom stereocenters. The highest BCUT2D eigenvalue weighted by molar-refractivity contribution is 5.89. The Hall–Kier alpha value is -1.92. The van der Waals surface area contributed by atoms with Gasteiger partial charge in [0.05, 0.1) is 35.1 Å². The number of aliphatic hydroxyl groups excluding tert-OH is 2. The first-order valence-corrected chi connectivity index (χ1v) is 5.14. The van der Waals surface area contributed by atoms with E-state index in [2.05, 4.69) is 0 Å². The molecule has 17 heavy (non-hydrogen) atoms. The van der Waals surface area contributed by atoms with Gasteiger partial charge in [0.15, 0.2) is 0 Å². The van der Waals surface area contributed by atoms with Gasteiger partial charge in [-0.2, -0.15) is 0 Å². The topological polar surface area (TPSA) is 88.5 Å². The Balaban J connectivity index is 2.47. The van der Waals surface area contributed by atoms with Crippen LogP contribution in [0.2, 0.25) is 0 Å². The van der Waals surface area contributed by atoms with Gasteiger partial charge in [0.25, 0.3) is 5.69 Å². The van der Waals surface area contributed by atoms with Crippen molar-refractivity contribution in [3.63, 3.8) is 0 Å². The first-order valence-electron chi connectivity index (χ1n) is 5.14. The van der Waals surface area contributed by atoms with Gasteiger partial charge in [0, 0.05) is 12.3 Å². The first kappa shape index (κ1) is 11.6. The van der Waals surface area contributed by atoms with Crippen molar-refractivity contribution in [1.29, 1.82) is 0 Å². The minimum Gasteiger partial charge on any atom is -0.394 e. The molecule has 1 heterocycles. The molecule has 1 aromatic carbocycles. The number of rotatable bonds is 4. The lowest BCUT2D eigenvalue weighted by atomic mass is 10.2. The Morgan fingerprint density at radius 1 is 1.41 bits per heavy atom. The molecule has 0 aliphatic rings. The predicted molar refractivity (Wildman–Crippen MR) is 61.7 cm³/mol. The molecule has 0 spiro atoms. The second-order valence-electron chi connectivity index (χ2n) is 3.77. The van der Waals surface area contributed by atoms with Gasteiger partial charge in [-0.15, -0.1) is 0 Å². The second kappa shape index (κ2) is 4.52.